The molecule has 0 saturated carbocycles. The Hall–Kier alpha value is -2.72. The van der Waals surface area contributed by atoms with E-state index in [0.717, 1.165) is 41.0 Å². The molecule has 1 amide bonds. The number of carbonyl (C=O) groups excluding carboxylic acids is 2. The average molecular weight is 444 g/mol. The van der Waals surface area contributed by atoms with Crippen LogP contribution in [0.1, 0.15) is 39.7 Å². The zero-order chi connectivity index (χ0) is 21.1. The normalized spacial score (nSPS) is 12.6. The molecule has 2 aromatic heterocycles. The second-order valence-corrected chi connectivity index (χ2v) is 8.83. The number of aromatic nitrogens is 4. The maximum absolute atomic E-state index is 12.6. The van der Waals surface area contributed by atoms with Gasteiger partial charge in [0.1, 0.15) is 5.00 Å². The summed E-state index contributed by atoms with van der Waals surface area (Å²) in [5.41, 5.74) is 3.43. The highest BCUT2D eigenvalue weighted by atomic mass is 32.2. The van der Waals surface area contributed by atoms with Gasteiger partial charge < -0.3 is 10.1 Å². The summed E-state index contributed by atoms with van der Waals surface area (Å²) in [6.07, 6.45) is 2.80. The van der Waals surface area contributed by atoms with Crippen LogP contribution in [0.5, 0.6) is 0 Å². The van der Waals surface area contributed by atoms with Crippen LogP contribution in [0.3, 0.4) is 0 Å². The fourth-order valence-corrected chi connectivity index (χ4v) is 5.40. The molecular formula is C20H21N5O3S2. The van der Waals surface area contributed by atoms with E-state index < -0.39 is 0 Å². The third kappa shape index (κ3) is 4.10. The number of tetrazole rings is 1. The van der Waals surface area contributed by atoms with Crippen LogP contribution in [0.4, 0.5) is 5.00 Å². The third-order valence-electron chi connectivity index (χ3n) is 4.77. The number of anilines is 1. The molecule has 10 heteroatoms. The summed E-state index contributed by atoms with van der Waals surface area (Å²) in [6.45, 7) is 4.05. The van der Waals surface area contributed by atoms with Crippen molar-refractivity contribution in [3.8, 4) is 5.69 Å². The van der Waals surface area contributed by atoms with Crippen molar-refractivity contribution < 1.29 is 14.3 Å². The monoisotopic (exact) mass is 443 g/mol. The Morgan fingerprint density at radius 1 is 1.30 bits per heavy atom. The van der Waals surface area contributed by atoms with Gasteiger partial charge in [0.2, 0.25) is 11.1 Å². The van der Waals surface area contributed by atoms with Crippen LogP contribution in [-0.4, -0.2) is 44.4 Å². The summed E-state index contributed by atoms with van der Waals surface area (Å²) in [6, 6.07) is 7.76. The van der Waals surface area contributed by atoms with Gasteiger partial charge in [-0.1, -0.05) is 30.0 Å². The topological polar surface area (TPSA) is 99.0 Å². The lowest BCUT2D eigenvalue weighted by atomic mass is 10.1. The number of amides is 1. The summed E-state index contributed by atoms with van der Waals surface area (Å²) in [4.78, 5) is 26.2. The molecule has 0 spiro atoms. The molecule has 1 aliphatic carbocycles. The first-order chi connectivity index (χ1) is 14.6. The molecule has 30 heavy (non-hydrogen) atoms. The van der Waals surface area contributed by atoms with Crippen molar-refractivity contribution in [3.05, 3.63) is 45.8 Å². The number of thioether (sulfide) groups is 1. The Bertz CT molecular complexity index is 1090. The molecule has 2 heterocycles. The van der Waals surface area contributed by atoms with Crippen molar-refractivity contribution in [2.45, 2.75) is 38.3 Å². The zero-order valence-electron chi connectivity index (χ0n) is 16.7. The van der Waals surface area contributed by atoms with E-state index in [0.29, 0.717) is 22.3 Å². The lowest BCUT2D eigenvalue weighted by Crippen LogP contribution is -2.17. The number of carbonyl (C=O) groups is 2. The molecule has 0 unspecified atom stereocenters. The number of benzene rings is 1. The minimum atomic E-state index is -0.372. The summed E-state index contributed by atoms with van der Waals surface area (Å²) in [5, 5.41) is 15.8. The van der Waals surface area contributed by atoms with Crippen LogP contribution in [0.2, 0.25) is 0 Å². The number of rotatable bonds is 7. The van der Waals surface area contributed by atoms with Gasteiger partial charge in [0.25, 0.3) is 0 Å². The number of para-hydroxylation sites is 1. The maximum Gasteiger partial charge on any atom is 0.341 e. The third-order valence-corrected chi connectivity index (χ3v) is 6.90. The molecule has 0 fully saturated rings. The van der Waals surface area contributed by atoms with Gasteiger partial charge >= 0.3 is 5.97 Å². The Labute approximate surface area is 182 Å². The number of hydrogen-bond acceptors (Lipinski definition) is 8. The van der Waals surface area contributed by atoms with Crippen molar-refractivity contribution in [2.24, 2.45) is 0 Å². The van der Waals surface area contributed by atoms with E-state index in [9.17, 15) is 9.59 Å². The summed E-state index contributed by atoms with van der Waals surface area (Å²) >= 11 is 2.71. The van der Waals surface area contributed by atoms with Gasteiger partial charge in [-0.15, -0.1) is 16.4 Å². The predicted molar refractivity (Wildman–Crippen MR) is 116 cm³/mol. The van der Waals surface area contributed by atoms with E-state index in [1.807, 2.05) is 31.2 Å². The Kier molecular flexibility index (Phi) is 6.14. The van der Waals surface area contributed by atoms with Gasteiger partial charge in [0.05, 0.1) is 23.6 Å². The molecule has 0 bridgehead atoms. The largest absolute Gasteiger partial charge is 0.462 e. The molecule has 0 saturated heterocycles. The molecule has 1 N–H and O–H groups in total. The van der Waals surface area contributed by atoms with Crippen LogP contribution in [0, 0.1) is 6.92 Å². The number of esters is 1. The number of fused-ring (bicyclic) bond motifs is 1. The number of aryl methyl sites for hydroxylation is 2. The van der Waals surface area contributed by atoms with Crippen LogP contribution in [-0.2, 0) is 22.4 Å². The number of ether oxygens (including phenoxy) is 1. The SMILES string of the molecule is CCOC(=O)c1c(NC(=O)CSc2nnnn2-c2ccccc2C)sc2c1CCC2. The minimum absolute atomic E-state index is 0.122. The molecule has 0 radical (unpaired) electrons. The van der Waals surface area contributed by atoms with Crippen LogP contribution >= 0.6 is 23.1 Å². The first-order valence-electron chi connectivity index (χ1n) is 9.67. The van der Waals surface area contributed by atoms with Crippen molar-refractivity contribution in [1.29, 1.82) is 0 Å². The highest BCUT2D eigenvalue weighted by Crippen LogP contribution is 2.39. The Balaban J connectivity index is 1.47. The molecule has 4 rings (SSSR count). The number of hydrogen-bond donors (Lipinski definition) is 1. The van der Waals surface area contributed by atoms with Crippen LogP contribution in [0.25, 0.3) is 5.69 Å². The van der Waals surface area contributed by atoms with Gasteiger partial charge in [-0.05, 0) is 60.7 Å². The Morgan fingerprint density at radius 3 is 2.93 bits per heavy atom. The molecular weight excluding hydrogens is 422 g/mol. The van der Waals surface area contributed by atoms with Crippen molar-refractivity contribution in [1.82, 2.24) is 20.2 Å². The average Bonchev–Trinajstić information content (AvgIpc) is 3.43. The van der Waals surface area contributed by atoms with Crippen molar-refractivity contribution in [3.63, 3.8) is 0 Å². The lowest BCUT2D eigenvalue weighted by Gasteiger charge is -2.09. The second-order valence-electron chi connectivity index (χ2n) is 6.78. The van der Waals surface area contributed by atoms with Gasteiger partial charge in [-0.2, -0.15) is 4.68 Å². The van der Waals surface area contributed by atoms with E-state index in [1.54, 1.807) is 11.6 Å². The molecule has 0 atom stereocenters. The van der Waals surface area contributed by atoms with Gasteiger partial charge in [-0.3, -0.25) is 4.79 Å². The van der Waals surface area contributed by atoms with Crippen LogP contribution in [0.15, 0.2) is 29.4 Å². The molecule has 8 nitrogen and oxygen atoms in total. The van der Waals surface area contributed by atoms with Gasteiger partial charge in [0.15, 0.2) is 0 Å². The molecule has 156 valence electrons. The fourth-order valence-electron chi connectivity index (χ4n) is 3.43. The first-order valence-corrected chi connectivity index (χ1v) is 11.5. The summed E-state index contributed by atoms with van der Waals surface area (Å²) in [7, 11) is 0. The van der Waals surface area contributed by atoms with E-state index in [4.69, 9.17) is 4.74 Å². The predicted octanol–water partition coefficient (Wildman–Crippen LogP) is 3.43. The molecule has 0 aliphatic heterocycles. The summed E-state index contributed by atoms with van der Waals surface area (Å²) in [5.74, 6) is -0.468. The fraction of sp³-hybridized carbons (Fsp3) is 0.350. The zero-order valence-corrected chi connectivity index (χ0v) is 18.3. The van der Waals surface area contributed by atoms with E-state index in [-0.39, 0.29) is 17.6 Å². The molecule has 1 aromatic carbocycles. The van der Waals surface area contributed by atoms with Crippen molar-refractivity contribution >= 4 is 40.0 Å². The smallest absolute Gasteiger partial charge is 0.341 e. The minimum Gasteiger partial charge on any atom is -0.462 e. The lowest BCUT2D eigenvalue weighted by molar-refractivity contribution is -0.113. The quantitative estimate of drug-likeness (QED) is 0.441. The van der Waals surface area contributed by atoms with E-state index in [2.05, 4.69) is 20.8 Å². The van der Waals surface area contributed by atoms with Crippen LogP contribution < -0.4 is 5.32 Å². The highest BCUT2D eigenvalue weighted by molar-refractivity contribution is 7.99. The van der Waals surface area contributed by atoms with E-state index in [1.165, 1.54) is 23.1 Å². The van der Waals surface area contributed by atoms with Crippen molar-refractivity contribution in [2.75, 3.05) is 17.7 Å². The standard InChI is InChI=1S/C20H21N5O3S2/c1-3-28-19(27)17-13-8-6-10-15(13)30-18(17)21-16(26)11-29-20-22-23-24-25(20)14-9-5-4-7-12(14)2/h4-5,7,9H,3,6,8,10-11H2,1-2H3,(H,21,26). The molecule has 3 aromatic rings. The maximum atomic E-state index is 12.6. The highest BCUT2D eigenvalue weighted by Gasteiger charge is 2.28. The van der Waals surface area contributed by atoms with E-state index >= 15 is 0 Å². The van der Waals surface area contributed by atoms with Gasteiger partial charge in [0, 0.05) is 4.88 Å². The van der Waals surface area contributed by atoms with Gasteiger partial charge in [-0.25, -0.2) is 4.79 Å². The number of nitrogens with zero attached hydrogens (tertiary/aromatic N) is 4. The Morgan fingerprint density at radius 2 is 2.13 bits per heavy atom. The number of thiophene rings is 1. The molecule has 1 aliphatic rings. The summed E-state index contributed by atoms with van der Waals surface area (Å²) < 4.78 is 6.83. The number of nitrogens with one attached hydrogen (secondary N) is 1. The first kappa shape index (κ1) is 20.5. The second kappa shape index (κ2) is 8.97.